The van der Waals surface area contributed by atoms with Crippen LogP contribution in [0.4, 0.5) is 0 Å². The smallest absolute Gasteiger partial charge is 0.137 e. The molecule has 0 atom stereocenters. The van der Waals surface area contributed by atoms with Crippen molar-refractivity contribution in [2.75, 3.05) is 0 Å². The fraction of sp³-hybridized carbons (Fsp3) is 0. The molecule has 0 saturated heterocycles. The topological polar surface area (TPSA) is 12.9 Å². The first-order valence-corrected chi connectivity index (χ1v) is 6.31. The number of nitrogens with zero attached hydrogens (tertiary/aromatic N) is 1. The van der Waals surface area contributed by atoms with Crippen LogP contribution in [0.15, 0.2) is 54.6 Å². The Hall–Kier alpha value is -1.57. The Morgan fingerprint density at radius 1 is 0.833 bits per heavy atom. The van der Waals surface area contributed by atoms with E-state index in [-0.39, 0.29) is 0 Å². The molecule has 3 heteroatoms. The van der Waals surface area contributed by atoms with E-state index >= 15 is 0 Å². The molecule has 3 aromatic rings. The number of fused-ring (bicyclic) bond motifs is 1. The summed E-state index contributed by atoms with van der Waals surface area (Å²) in [7, 11) is 0. The van der Waals surface area contributed by atoms with Gasteiger partial charge in [-0.15, -0.1) is 0 Å². The summed E-state index contributed by atoms with van der Waals surface area (Å²) in [6.45, 7) is 0. The first-order chi connectivity index (χ1) is 8.74. The van der Waals surface area contributed by atoms with Crippen molar-refractivity contribution >= 4 is 34.1 Å². The molecule has 0 aliphatic rings. The number of aromatic nitrogens is 1. The monoisotopic (exact) mass is 273 g/mol. The van der Waals surface area contributed by atoms with Crippen LogP contribution in [-0.4, -0.2) is 4.98 Å². The van der Waals surface area contributed by atoms with Gasteiger partial charge in [-0.1, -0.05) is 53.5 Å². The molecular formula is C15H9Cl2N. The van der Waals surface area contributed by atoms with Crippen LogP contribution in [-0.2, 0) is 0 Å². The van der Waals surface area contributed by atoms with Crippen molar-refractivity contribution in [2.45, 2.75) is 0 Å². The number of hydrogen-bond acceptors (Lipinski definition) is 1. The molecule has 18 heavy (non-hydrogen) atoms. The summed E-state index contributed by atoms with van der Waals surface area (Å²) in [4.78, 5) is 4.40. The Labute approximate surface area is 115 Å². The highest BCUT2D eigenvalue weighted by molar-refractivity contribution is 6.33. The van der Waals surface area contributed by atoms with Crippen molar-refractivity contribution in [1.82, 2.24) is 4.98 Å². The molecule has 1 heterocycles. The van der Waals surface area contributed by atoms with E-state index in [2.05, 4.69) is 4.98 Å². The third-order valence-electron chi connectivity index (χ3n) is 2.82. The van der Waals surface area contributed by atoms with Gasteiger partial charge in [-0.2, -0.15) is 0 Å². The maximum atomic E-state index is 6.23. The molecule has 2 aromatic carbocycles. The van der Waals surface area contributed by atoms with E-state index in [1.54, 1.807) is 0 Å². The van der Waals surface area contributed by atoms with Gasteiger partial charge >= 0.3 is 0 Å². The zero-order valence-electron chi connectivity index (χ0n) is 9.40. The maximum absolute atomic E-state index is 6.23. The lowest BCUT2D eigenvalue weighted by molar-refractivity contribution is 1.41. The van der Waals surface area contributed by atoms with Gasteiger partial charge in [0.05, 0.1) is 5.52 Å². The first-order valence-electron chi connectivity index (χ1n) is 5.55. The summed E-state index contributed by atoms with van der Waals surface area (Å²) in [5.41, 5.74) is 2.83. The van der Waals surface area contributed by atoms with Gasteiger partial charge in [0.25, 0.3) is 0 Å². The van der Waals surface area contributed by atoms with E-state index in [0.29, 0.717) is 10.2 Å². The maximum Gasteiger partial charge on any atom is 0.137 e. The van der Waals surface area contributed by atoms with Crippen LogP contribution in [0.25, 0.3) is 22.0 Å². The number of halogens is 2. The summed E-state index contributed by atoms with van der Waals surface area (Å²) < 4.78 is 0. The van der Waals surface area contributed by atoms with Gasteiger partial charge < -0.3 is 0 Å². The van der Waals surface area contributed by atoms with Crippen LogP contribution >= 0.6 is 23.2 Å². The molecular weight excluding hydrogens is 265 g/mol. The second-order valence-electron chi connectivity index (χ2n) is 4.03. The van der Waals surface area contributed by atoms with Crippen LogP contribution in [0.2, 0.25) is 10.2 Å². The molecule has 0 radical (unpaired) electrons. The Bertz CT molecular complexity index is 708. The fourth-order valence-corrected chi connectivity index (χ4v) is 2.38. The molecule has 0 amide bonds. The molecule has 3 rings (SSSR count). The van der Waals surface area contributed by atoms with Crippen molar-refractivity contribution in [3.05, 3.63) is 64.8 Å². The zero-order valence-corrected chi connectivity index (χ0v) is 10.9. The summed E-state index contributed by atoms with van der Waals surface area (Å²) in [5.74, 6) is 0. The number of hydrogen-bond donors (Lipinski definition) is 0. The largest absolute Gasteiger partial charge is 0.235 e. The Balaban J connectivity index is 2.27. The molecule has 88 valence electrons. The molecule has 0 saturated carbocycles. The van der Waals surface area contributed by atoms with Crippen molar-refractivity contribution in [3.8, 4) is 11.1 Å². The minimum absolute atomic E-state index is 0.510. The van der Waals surface area contributed by atoms with Crippen molar-refractivity contribution < 1.29 is 0 Å². The summed E-state index contributed by atoms with van der Waals surface area (Å²) in [6, 6.07) is 17.6. The Morgan fingerprint density at radius 2 is 1.61 bits per heavy atom. The van der Waals surface area contributed by atoms with Gasteiger partial charge in [-0.05, 0) is 29.8 Å². The molecule has 0 aliphatic carbocycles. The first kappa shape index (κ1) is 11.5. The second kappa shape index (κ2) is 4.60. The van der Waals surface area contributed by atoms with E-state index in [4.69, 9.17) is 23.2 Å². The van der Waals surface area contributed by atoms with E-state index < -0.39 is 0 Å². The van der Waals surface area contributed by atoms with E-state index in [0.717, 1.165) is 22.0 Å². The van der Waals surface area contributed by atoms with Gasteiger partial charge in [-0.3, -0.25) is 0 Å². The summed E-state index contributed by atoms with van der Waals surface area (Å²) in [6.07, 6.45) is 0. The van der Waals surface area contributed by atoms with Crippen LogP contribution < -0.4 is 0 Å². The van der Waals surface area contributed by atoms with Gasteiger partial charge in [0, 0.05) is 16.0 Å². The number of benzene rings is 2. The standard InChI is InChI=1S/C15H9Cl2N/c16-12-6-7-14-11(8-12)9-13(15(17)18-14)10-4-2-1-3-5-10/h1-9H. The molecule has 0 unspecified atom stereocenters. The number of rotatable bonds is 1. The van der Waals surface area contributed by atoms with Gasteiger partial charge in [0.15, 0.2) is 0 Å². The summed E-state index contributed by atoms with van der Waals surface area (Å²) in [5, 5.41) is 2.20. The van der Waals surface area contributed by atoms with E-state index in [9.17, 15) is 0 Å². The van der Waals surface area contributed by atoms with Crippen molar-refractivity contribution in [1.29, 1.82) is 0 Å². The van der Waals surface area contributed by atoms with Crippen LogP contribution in [0.3, 0.4) is 0 Å². The van der Waals surface area contributed by atoms with Crippen molar-refractivity contribution in [2.24, 2.45) is 0 Å². The molecule has 1 nitrogen and oxygen atoms in total. The second-order valence-corrected chi connectivity index (χ2v) is 4.82. The van der Waals surface area contributed by atoms with Crippen LogP contribution in [0.5, 0.6) is 0 Å². The number of pyridine rings is 1. The minimum atomic E-state index is 0.510. The SMILES string of the molecule is Clc1ccc2nc(Cl)c(-c3ccccc3)cc2c1. The molecule has 0 fully saturated rings. The zero-order chi connectivity index (χ0) is 12.5. The highest BCUT2D eigenvalue weighted by atomic mass is 35.5. The average molecular weight is 274 g/mol. The van der Waals surface area contributed by atoms with E-state index in [1.807, 2.05) is 54.6 Å². The molecule has 0 N–H and O–H groups in total. The van der Waals surface area contributed by atoms with Crippen molar-refractivity contribution in [3.63, 3.8) is 0 Å². The van der Waals surface area contributed by atoms with Crippen LogP contribution in [0, 0.1) is 0 Å². The normalized spacial score (nSPS) is 10.8. The minimum Gasteiger partial charge on any atom is -0.235 e. The molecule has 0 bridgehead atoms. The Kier molecular flexibility index (Phi) is 2.94. The van der Waals surface area contributed by atoms with E-state index in [1.165, 1.54) is 0 Å². The van der Waals surface area contributed by atoms with Gasteiger partial charge in [-0.25, -0.2) is 4.98 Å². The lowest BCUT2D eigenvalue weighted by Crippen LogP contribution is -1.86. The van der Waals surface area contributed by atoms with Gasteiger partial charge in [0.1, 0.15) is 5.15 Å². The molecule has 0 spiro atoms. The third-order valence-corrected chi connectivity index (χ3v) is 3.34. The van der Waals surface area contributed by atoms with Crippen LogP contribution in [0.1, 0.15) is 0 Å². The fourth-order valence-electron chi connectivity index (χ4n) is 1.94. The Morgan fingerprint density at radius 3 is 2.39 bits per heavy atom. The quantitative estimate of drug-likeness (QED) is 0.555. The lowest BCUT2D eigenvalue weighted by atomic mass is 10.1. The highest BCUT2D eigenvalue weighted by Crippen LogP contribution is 2.30. The molecule has 1 aromatic heterocycles. The predicted octanol–water partition coefficient (Wildman–Crippen LogP) is 5.21. The lowest BCUT2D eigenvalue weighted by Gasteiger charge is -2.06. The highest BCUT2D eigenvalue weighted by Gasteiger charge is 2.07. The summed E-state index contributed by atoms with van der Waals surface area (Å²) >= 11 is 12.2. The average Bonchev–Trinajstić information content (AvgIpc) is 2.39. The third kappa shape index (κ3) is 2.07. The van der Waals surface area contributed by atoms with Gasteiger partial charge in [0.2, 0.25) is 0 Å². The predicted molar refractivity (Wildman–Crippen MR) is 77.2 cm³/mol. The molecule has 0 aliphatic heterocycles.